The molecule has 8 heteroatoms. The van der Waals surface area contributed by atoms with E-state index in [0.29, 0.717) is 23.6 Å². The Morgan fingerprint density at radius 1 is 1.31 bits per heavy atom. The monoisotopic (exact) mass is 417 g/mol. The van der Waals surface area contributed by atoms with Crippen molar-refractivity contribution in [2.75, 3.05) is 0 Å². The summed E-state index contributed by atoms with van der Waals surface area (Å²) in [6.07, 6.45) is 3.88. The molecule has 2 N–H and O–H groups in total. The van der Waals surface area contributed by atoms with E-state index in [2.05, 4.69) is 20.9 Å². The lowest BCUT2D eigenvalue weighted by Crippen LogP contribution is -2.44. The molecule has 2 unspecified atom stereocenters. The number of amides is 2. The Morgan fingerprint density at radius 3 is 2.79 bits per heavy atom. The number of nitrogens with one attached hydrogen (secondary N) is 2. The molecule has 0 spiro atoms. The molecule has 0 bridgehead atoms. The van der Waals surface area contributed by atoms with Gasteiger partial charge in [0.05, 0.1) is 11.4 Å². The number of benzene rings is 1. The highest BCUT2D eigenvalue weighted by Crippen LogP contribution is 2.25. The predicted molar refractivity (Wildman–Crippen MR) is 112 cm³/mol. The Hall–Kier alpha value is -2.41. The van der Waals surface area contributed by atoms with Gasteiger partial charge in [-0.2, -0.15) is 0 Å². The van der Waals surface area contributed by atoms with Gasteiger partial charge >= 0.3 is 0 Å². The molecule has 1 aromatic heterocycles. The molecule has 1 aromatic carbocycles. The second kappa shape index (κ2) is 9.39. The van der Waals surface area contributed by atoms with Gasteiger partial charge in [0.15, 0.2) is 5.69 Å². The maximum absolute atomic E-state index is 12.9. The molecule has 3 rings (SSSR count). The van der Waals surface area contributed by atoms with Gasteiger partial charge < -0.3 is 10.6 Å². The second-order valence-corrected chi connectivity index (χ2v) is 8.26. The number of rotatable bonds is 6. The topological polar surface area (TPSA) is 88.9 Å². The van der Waals surface area contributed by atoms with Gasteiger partial charge in [-0.3, -0.25) is 9.59 Å². The lowest BCUT2D eigenvalue weighted by Gasteiger charge is -2.29. The molecule has 1 aliphatic carbocycles. The van der Waals surface area contributed by atoms with Crippen LogP contribution in [0.3, 0.4) is 0 Å². The molecule has 0 saturated heterocycles. The molecule has 1 saturated carbocycles. The molecule has 1 heterocycles. The molecule has 0 aliphatic heterocycles. The molecular weight excluding hydrogens is 390 g/mol. The molecule has 1 fully saturated rings. The van der Waals surface area contributed by atoms with Crippen molar-refractivity contribution in [2.45, 2.75) is 65.0 Å². The minimum Gasteiger partial charge on any atom is -0.354 e. The van der Waals surface area contributed by atoms with Gasteiger partial charge in [-0.1, -0.05) is 36.2 Å². The van der Waals surface area contributed by atoms with Crippen molar-refractivity contribution < 1.29 is 9.59 Å². The largest absolute Gasteiger partial charge is 0.354 e. The first-order valence-electron chi connectivity index (χ1n) is 10.2. The molecule has 0 radical (unpaired) electrons. The van der Waals surface area contributed by atoms with Crippen molar-refractivity contribution in [2.24, 2.45) is 5.92 Å². The first-order valence-corrected chi connectivity index (χ1v) is 10.6. The van der Waals surface area contributed by atoms with Gasteiger partial charge in [-0.05, 0) is 57.7 Å². The minimum absolute atomic E-state index is 0.0415. The van der Waals surface area contributed by atoms with Crippen LogP contribution >= 0.6 is 11.6 Å². The van der Waals surface area contributed by atoms with E-state index in [1.165, 1.54) is 0 Å². The van der Waals surface area contributed by atoms with Gasteiger partial charge in [-0.25, -0.2) is 4.68 Å². The Kier molecular flexibility index (Phi) is 6.90. The van der Waals surface area contributed by atoms with E-state index in [1.807, 2.05) is 32.9 Å². The highest BCUT2D eigenvalue weighted by atomic mass is 35.5. The van der Waals surface area contributed by atoms with E-state index in [9.17, 15) is 9.59 Å². The third-order valence-corrected chi connectivity index (χ3v) is 5.41. The summed E-state index contributed by atoms with van der Waals surface area (Å²) >= 11 is 6.09. The summed E-state index contributed by atoms with van der Waals surface area (Å²) < 4.78 is 1.65. The summed E-state index contributed by atoms with van der Waals surface area (Å²) in [6.45, 7) is 5.87. The molecule has 2 aromatic rings. The Labute approximate surface area is 176 Å². The number of carbonyl (C=O) groups excluding carboxylic acids is 2. The third kappa shape index (κ3) is 5.15. The van der Waals surface area contributed by atoms with Crippen molar-refractivity contribution in [1.29, 1.82) is 0 Å². The summed E-state index contributed by atoms with van der Waals surface area (Å²) in [5.41, 5.74) is 1.82. The fourth-order valence-corrected chi connectivity index (χ4v) is 4.01. The maximum atomic E-state index is 12.9. The van der Waals surface area contributed by atoms with E-state index >= 15 is 0 Å². The summed E-state index contributed by atoms with van der Waals surface area (Å²) in [5.74, 6) is -0.241. The van der Waals surface area contributed by atoms with Crippen LogP contribution in [-0.2, 0) is 11.2 Å². The maximum Gasteiger partial charge on any atom is 0.273 e. The number of aromatic nitrogens is 3. The highest BCUT2D eigenvalue weighted by Gasteiger charge is 2.30. The van der Waals surface area contributed by atoms with Crippen molar-refractivity contribution in [1.82, 2.24) is 25.6 Å². The number of halogens is 1. The standard InChI is InChI=1S/C21H28ClN5O2/c1-4-18-19(25-26-27(18)17-10-6-8-15(22)12-17)21(29)24-16-9-5-7-14(11-16)20(28)23-13(2)3/h6,8,10,12-14,16H,4-5,7,9,11H2,1-3H3,(H,23,28)(H,24,29). The number of hydrogen-bond acceptors (Lipinski definition) is 4. The van der Waals surface area contributed by atoms with Crippen molar-refractivity contribution in [3.63, 3.8) is 0 Å². The quantitative estimate of drug-likeness (QED) is 0.754. The van der Waals surface area contributed by atoms with Gasteiger partial charge in [0.2, 0.25) is 5.91 Å². The third-order valence-electron chi connectivity index (χ3n) is 5.18. The van der Waals surface area contributed by atoms with Crippen LogP contribution in [0, 0.1) is 5.92 Å². The van der Waals surface area contributed by atoms with Crippen molar-refractivity contribution in [3.05, 3.63) is 40.7 Å². The zero-order valence-corrected chi connectivity index (χ0v) is 17.9. The van der Waals surface area contributed by atoms with Crippen molar-refractivity contribution >= 4 is 23.4 Å². The summed E-state index contributed by atoms with van der Waals surface area (Å²) in [4.78, 5) is 25.2. The fourth-order valence-electron chi connectivity index (χ4n) is 3.83. The van der Waals surface area contributed by atoms with Crippen LogP contribution < -0.4 is 10.6 Å². The normalized spacial score (nSPS) is 19.2. The van der Waals surface area contributed by atoms with Gasteiger partial charge in [0.1, 0.15) is 0 Å². The van der Waals surface area contributed by atoms with E-state index in [1.54, 1.807) is 16.8 Å². The Bertz CT molecular complexity index is 880. The van der Waals surface area contributed by atoms with Crippen LogP contribution in [0.5, 0.6) is 0 Å². The SMILES string of the molecule is CCc1c(C(=O)NC2CCCC(C(=O)NC(C)C)C2)nnn1-c1cccc(Cl)c1. The van der Waals surface area contributed by atoms with Gasteiger partial charge in [0, 0.05) is 23.0 Å². The zero-order chi connectivity index (χ0) is 21.0. The molecule has 29 heavy (non-hydrogen) atoms. The molecule has 2 amide bonds. The average Bonchev–Trinajstić information content (AvgIpc) is 3.12. The number of carbonyl (C=O) groups is 2. The van der Waals surface area contributed by atoms with Crippen LogP contribution in [0.25, 0.3) is 5.69 Å². The first kappa shape index (κ1) is 21.3. The van der Waals surface area contributed by atoms with Crippen LogP contribution in [0.15, 0.2) is 24.3 Å². The summed E-state index contributed by atoms with van der Waals surface area (Å²) in [6, 6.07) is 7.36. The molecular formula is C21H28ClN5O2. The summed E-state index contributed by atoms with van der Waals surface area (Å²) in [7, 11) is 0. The highest BCUT2D eigenvalue weighted by molar-refractivity contribution is 6.30. The molecule has 1 aliphatic rings. The molecule has 7 nitrogen and oxygen atoms in total. The zero-order valence-electron chi connectivity index (χ0n) is 17.1. The van der Waals surface area contributed by atoms with Crippen molar-refractivity contribution in [3.8, 4) is 5.69 Å². The van der Waals surface area contributed by atoms with Crippen LogP contribution in [0.2, 0.25) is 5.02 Å². The van der Waals surface area contributed by atoms with Gasteiger partial charge in [0.25, 0.3) is 5.91 Å². The lowest BCUT2D eigenvalue weighted by atomic mass is 9.85. The molecule has 156 valence electrons. The van der Waals surface area contributed by atoms with Crippen LogP contribution in [-0.4, -0.2) is 38.9 Å². The second-order valence-electron chi connectivity index (χ2n) is 7.83. The predicted octanol–water partition coefficient (Wildman–Crippen LogP) is 3.30. The number of hydrogen-bond donors (Lipinski definition) is 2. The smallest absolute Gasteiger partial charge is 0.273 e. The van der Waals surface area contributed by atoms with Crippen LogP contribution in [0.4, 0.5) is 0 Å². The van der Waals surface area contributed by atoms with Crippen LogP contribution in [0.1, 0.15) is 62.6 Å². The fraction of sp³-hybridized carbons (Fsp3) is 0.524. The van der Waals surface area contributed by atoms with E-state index in [0.717, 1.165) is 30.6 Å². The van der Waals surface area contributed by atoms with Gasteiger partial charge in [-0.15, -0.1) is 5.10 Å². The van der Waals surface area contributed by atoms with E-state index in [-0.39, 0.29) is 29.8 Å². The summed E-state index contributed by atoms with van der Waals surface area (Å²) in [5, 5.41) is 14.9. The average molecular weight is 418 g/mol. The Balaban J connectivity index is 1.72. The van der Waals surface area contributed by atoms with E-state index < -0.39 is 0 Å². The number of nitrogens with zero attached hydrogens (tertiary/aromatic N) is 3. The lowest BCUT2D eigenvalue weighted by molar-refractivity contribution is -0.126. The Morgan fingerprint density at radius 2 is 2.10 bits per heavy atom. The minimum atomic E-state index is -0.245. The first-order chi connectivity index (χ1) is 13.9. The van der Waals surface area contributed by atoms with E-state index in [4.69, 9.17) is 11.6 Å². The molecule has 2 atom stereocenters.